The lowest BCUT2D eigenvalue weighted by atomic mass is 10.2. The first-order valence-electron chi connectivity index (χ1n) is 3.73. The monoisotopic (exact) mass is 151 g/mol. The van der Waals surface area contributed by atoms with Crippen LogP contribution in [0.3, 0.4) is 0 Å². The summed E-state index contributed by atoms with van der Waals surface area (Å²) in [6.07, 6.45) is 0. The van der Waals surface area contributed by atoms with Crippen molar-refractivity contribution in [3.05, 3.63) is 23.8 Å². The Balaban J connectivity index is 2.86. The fraction of sp³-hybridized carbons (Fsp3) is 0.333. The lowest BCUT2D eigenvalue weighted by Crippen LogP contribution is -1.94. The zero-order chi connectivity index (χ0) is 8.27. The minimum absolute atomic E-state index is 0.683. The Hall–Kier alpha value is -1.18. The van der Waals surface area contributed by atoms with Gasteiger partial charge in [-0.3, -0.25) is 0 Å². The highest BCUT2D eigenvalue weighted by molar-refractivity contribution is 5.50. The van der Waals surface area contributed by atoms with Gasteiger partial charge in [0.05, 0.1) is 6.61 Å². The lowest BCUT2D eigenvalue weighted by Gasteiger charge is -2.04. The van der Waals surface area contributed by atoms with Gasteiger partial charge in [-0.15, -0.1) is 0 Å². The first-order valence-corrected chi connectivity index (χ1v) is 3.73. The Morgan fingerprint density at radius 2 is 2.18 bits per heavy atom. The fourth-order valence-electron chi connectivity index (χ4n) is 0.875. The largest absolute Gasteiger partial charge is 0.494 e. The van der Waals surface area contributed by atoms with Crippen LogP contribution in [0.15, 0.2) is 18.2 Å². The summed E-state index contributed by atoms with van der Waals surface area (Å²) in [5.41, 5.74) is 7.55. The zero-order valence-electron chi connectivity index (χ0n) is 6.92. The molecular weight excluding hydrogens is 138 g/mol. The smallest absolute Gasteiger partial charge is 0.121 e. The van der Waals surface area contributed by atoms with Crippen molar-refractivity contribution in [2.75, 3.05) is 12.3 Å². The highest BCUT2D eigenvalue weighted by Crippen LogP contribution is 2.18. The number of hydrogen-bond acceptors (Lipinski definition) is 2. The predicted molar refractivity (Wildman–Crippen MR) is 46.8 cm³/mol. The van der Waals surface area contributed by atoms with E-state index >= 15 is 0 Å². The van der Waals surface area contributed by atoms with Crippen molar-refractivity contribution in [2.45, 2.75) is 13.8 Å². The third kappa shape index (κ3) is 1.87. The molecule has 0 bridgehead atoms. The number of hydrogen-bond donors (Lipinski definition) is 1. The number of nitrogens with two attached hydrogens (primary N) is 1. The van der Waals surface area contributed by atoms with Crippen LogP contribution in [0.5, 0.6) is 5.75 Å². The van der Waals surface area contributed by atoms with Crippen molar-refractivity contribution >= 4 is 5.69 Å². The van der Waals surface area contributed by atoms with E-state index in [0.29, 0.717) is 6.61 Å². The Bertz CT molecular complexity index is 245. The molecule has 0 aliphatic rings. The average Bonchev–Trinajstić information content (AvgIpc) is 1.98. The van der Waals surface area contributed by atoms with Crippen molar-refractivity contribution in [3.63, 3.8) is 0 Å². The molecule has 0 aromatic heterocycles. The number of anilines is 1. The van der Waals surface area contributed by atoms with E-state index in [0.717, 1.165) is 17.0 Å². The van der Waals surface area contributed by atoms with Gasteiger partial charge in [0.2, 0.25) is 0 Å². The molecule has 11 heavy (non-hydrogen) atoms. The van der Waals surface area contributed by atoms with Gasteiger partial charge in [0.25, 0.3) is 0 Å². The summed E-state index contributed by atoms with van der Waals surface area (Å²) in [7, 11) is 0. The minimum atomic E-state index is 0.683. The Morgan fingerprint density at radius 1 is 1.45 bits per heavy atom. The van der Waals surface area contributed by atoms with Gasteiger partial charge in [0.15, 0.2) is 0 Å². The molecule has 1 aromatic carbocycles. The van der Waals surface area contributed by atoms with Crippen LogP contribution >= 0.6 is 0 Å². The molecular formula is C9H13NO. The van der Waals surface area contributed by atoms with Gasteiger partial charge in [-0.25, -0.2) is 0 Å². The molecule has 0 amide bonds. The van der Waals surface area contributed by atoms with E-state index in [1.54, 1.807) is 0 Å². The molecule has 0 saturated heterocycles. The summed E-state index contributed by atoms with van der Waals surface area (Å²) in [4.78, 5) is 0. The van der Waals surface area contributed by atoms with Gasteiger partial charge in [-0.2, -0.15) is 0 Å². The molecule has 0 saturated carbocycles. The predicted octanol–water partition coefficient (Wildman–Crippen LogP) is 1.98. The Morgan fingerprint density at radius 3 is 2.73 bits per heavy atom. The number of nitrogen functional groups attached to an aromatic ring is 1. The van der Waals surface area contributed by atoms with Crippen molar-refractivity contribution < 1.29 is 4.74 Å². The molecule has 1 rings (SSSR count). The molecule has 0 fully saturated rings. The van der Waals surface area contributed by atoms with Crippen molar-refractivity contribution in [2.24, 2.45) is 0 Å². The van der Waals surface area contributed by atoms with Crippen LogP contribution in [0.4, 0.5) is 5.69 Å². The summed E-state index contributed by atoms with van der Waals surface area (Å²) in [6.45, 7) is 4.61. The van der Waals surface area contributed by atoms with Gasteiger partial charge >= 0.3 is 0 Å². The van der Waals surface area contributed by atoms with Gasteiger partial charge in [0.1, 0.15) is 5.75 Å². The molecule has 2 N–H and O–H groups in total. The number of rotatable bonds is 2. The van der Waals surface area contributed by atoms with Crippen LogP contribution < -0.4 is 10.5 Å². The van der Waals surface area contributed by atoms with Gasteiger partial charge in [0, 0.05) is 11.8 Å². The summed E-state index contributed by atoms with van der Waals surface area (Å²) in [5, 5.41) is 0. The topological polar surface area (TPSA) is 35.2 Å². The average molecular weight is 151 g/mol. The lowest BCUT2D eigenvalue weighted by molar-refractivity contribution is 0.340. The van der Waals surface area contributed by atoms with Crippen LogP contribution in [0.25, 0.3) is 0 Å². The van der Waals surface area contributed by atoms with Crippen LogP contribution in [-0.2, 0) is 0 Å². The molecule has 1 aromatic rings. The van der Waals surface area contributed by atoms with Gasteiger partial charge in [-0.1, -0.05) is 6.07 Å². The van der Waals surface area contributed by atoms with Crippen LogP contribution in [0.1, 0.15) is 12.5 Å². The fourth-order valence-corrected chi connectivity index (χ4v) is 0.875. The highest BCUT2D eigenvalue weighted by Gasteiger charge is 1.95. The maximum Gasteiger partial charge on any atom is 0.121 e. The number of aryl methyl sites for hydroxylation is 1. The quantitative estimate of drug-likeness (QED) is 0.656. The van der Waals surface area contributed by atoms with E-state index in [2.05, 4.69) is 0 Å². The zero-order valence-corrected chi connectivity index (χ0v) is 6.92. The van der Waals surface area contributed by atoms with Crippen LogP contribution in [-0.4, -0.2) is 6.61 Å². The number of ether oxygens (including phenoxy) is 1. The Kier molecular flexibility index (Phi) is 2.36. The van der Waals surface area contributed by atoms with E-state index < -0.39 is 0 Å². The molecule has 0 spiro atoms. The minimum Gasteiger partial charge on any atom is -0.494 e. The second-order valence-corrected chi connectivity index (χ2v) is 2.45. The van der Waals surface area contributed by atoms with E-state index in [1.807, 2.05) is 32.0 Å². The van der Waals surface area contributed by atoms with E-state index in [9.17, 15) is 0 Å². The Labute approximate surface area is 67.0 Å². The van der Waals surface area contributed by atoms with Gasteiger partial charge in [-0.05, 0) is 25.5 Å². The third-order valence-electron chi connectivity index (χ3n) is 1.56. The third-order valence-corrected chi connectivity index (χ3v) is 1.56. The molecule has 2 heteroatoms. The molecule has 0 radical (unpaired) electrons. The molecule has 0 heterocycles. The second-order valence-electron chi connectivity index (χ2n) is 2.45. The number of benzene rings is 1. The SMILES string of the molecule is CCOc1ccc(C)c(N)c1. The molecule has 0 aliphatic carbocycles. The molecule has 60 valence electrons. The van der Waals surface area contributed by atoms with E-state index in [4.69, 9.17) is 10.5 Å². The summed E-state index contributed by atoms with van der Waals surface area (Å²) >= 11 is 0. The molecule has 2 nitrogen and oxygen atoms in total. The summed E-state index contributed by atoms with van der Waals surface area (Å²) in [5.74, 6) is 0.843. The second kappa shape index (κ2) is 3.28. The van der Waals surface area contributed by atoms with E-state index in [-0.39, 0.29) is 0 Å². The van der Waals surface area contributed by atoms with Crippen molar-refractivity contribution in [1.29, 1.82) is 0 Å². The highest BCUT2D eigenvalue weighted by atomic mass is 16.5. The molecule has 0 atom stereocenters. The van der Waals surface area contributed by atoms with Crippen molar-refractivity contribution in [1.82, 2.24) is 0 Å². The normalized spacial score (nSPS) is 9.64. The summed E-state index contributed by atoms with van der Waals surface area (Å²) < 4.78 is 5.26. The van der Waals surface area contributed by atoms with E-state index in [1.165, 1.54) is 0 Å². The first kappa shape index (κ1) is 7.92. The maximum absolute atomic E-state index is 5.67. The summed E-state index contributed by atoms with van der Waals surface area (Å²) in [6, 6.07) is 5.73. The standard InChI is InChI=1S/C9H13NO/c1-3-11-8-5-4-7(2)9(10)6-8/h4-6H,3,10H2,1-2H3. The first-order chi connectivity index (χ1) is 5.24. The molecule has 0 unspecified atom stereocenters. The van der Waals surface area contributed by atoms with Crippen molar-refractivity contribution in [3.8, 4) is 5.75 Å². The molecule has 0 aliphatic heterocycles. The van der Waals surface area contributed by atoms with Gasteiger partial charge < -0.3 is 10.5 Å². The van der Waals surface area contributed by atoms with Crippen LogP contribution in [0, 0.1) is 6.92 Å². The van der Waals surface area contributed by atoms with Crippen LogP contribution in [0.2, 0.25) is 0 Å². The maximum atomic E-state index is 5.67.